The standard InChI is InChI=1S/C20H31N/c1-6-12-19(13-7-2)16-11-17-20(14-8-3,15-9-4)21(19)18-10-5/h6-10H,1-5,11-18H2. The molecule has 0 atom stereocenters. The van der Waals surface area contributed by atoms with Crippen molar-refractivity contribution in [3.63, 3.8) is 0 Å². The molecule has 1 aliphatic rings. The van der Waals surface area contributed by atoms with E-state index < -0.39 is 0 Å². The average molecular weight is 285 g/mol. The van der Waals surface area contributed by atoms with Gasteiger partial charge in [0.25, 0.3) is 0 Å². The minimum Gasteiger partial charge on any atom is -0.287 e. The molecule has 1 rings (SSSR count). The van der Waals surface area contributed by atoms with Gasteiger partial charge in [0, 0.05) is 17.6 Å². The molecule has 0 bridgehead atoms. The quantitative estimate of drug-likeness (QED) is 0.483. The molecule has 1 saturated heterocycles. The van der Waals surface area contributed by atoms with Crippen LogP contribution in [0, 0.1) is 0 Å². The van der Waals surface area contributed by atoms with E-state index >= 15 is 0 Å². The molecule has 0 aliphatic carbocycles. The number of hydrogen-bond acceptors (Lipinski definition) is 1. The van der Waals surface area contributed by atoms with E-state index in [4.69, 9.17) is 0 Å². The molecule has 0 amide bonds. The molecule has 0 N–H and O–H groups in total. The van der Waals surface area contributed by atoms with Crippen molar-refractivity contribution in [2.45, 2.75) is 56.0 Å². The monoisotopic (exact) mass is 285 g/mol. The van der Waals surface area contributed by atoms with Crippen molar-refractivity contribution < 1.29 is 0 Å². The highest BCUT2D eigenvalue weighted by Crippen LogP contribution is 2.46. The largest absolute Gasteiger partial charge is 0.287 e. The number of rotatable bonds is 10. The maximum atomic E-state index is 3.99. The van der Waals surface area contributed by atoms with Gasteiger partial charge in [-0.1, -0.05) is 30.4 Å². The normalized spacial score (nSPS) is 20.4. The Hall–Kier alpha value is -1.34. The van der Waals surface area contributed by atoms with Crippen molar-refractivity contribution in [2.75, 3.05) is 6.54 Å². The third-order valence-electron chi connectivity index (χ3n) is 4.84. The lowest BCUT2D eigenvalue weighted by Gasteiger charge is -2.58. The van der Waals surface area contributed by atoms with Crippen molar-refractivity contribution >= 4 is 0 Å². The Balaban J connectivity index is 3.31. The summed E-state index contributed by atoms with van der Waals surface area (Å²) in [6, 6.07) is 0. The van der Waals surface area contributed by atoms with Crippen LogP contribution in [-0.4, -0.2) is 22.5 Å². The van der Waals surface area contributed by atoms with Crippen LogP contribution < -0.4 is 0 Å². The lowest BCUT2D eigenvalue weighted by Crippen LogP contribution is -2.63. The first-order valence-corrected chi connectivity index (χ1v) is 7.97. The van der Waals surface area contributed by atoms with Gasteiger partial charge < -0.3 is 0 Å². The van der Waals surface area contributed by atoms with Gasteiger partial charge in [0.15, 0.2) is 0 Å². The first kappa shape index (κ1) is 17.7. The second-order valence-corrected chi connectivity index (χ2v) is 6.17. The van der Waals surface area contributed by atoms with E-state index in [1.54, 1.807) is 0 Å². The molecule has 0 radical (unpaired) electrons. The van der Waals surface area contributed by atoms with E-state index in [0.29, 0.717) is 0 Å². The van der Waals surface area contributed by atoms with E-state index in [9.17, 15) is 0 Å². The Bertz CT molecular complexity index is 339. The SMILES string of the molecule is C=CCN1C(CC=C)(CC=C)CCCC1(CC=C)CC=C. The molecule has 1 aliphatic heterocycles. The van der Waals surface area contributed by atoms with Crippen LogP contribution in [0.5, 0.6) is 0 Å². The van der Waals surface area contributed by atoms with Crippen LogP contribution in [0.1, 0.15) is 44.9 Å². The molecule has 0 aromatic carbocycles. The van der Waals surface area contributed by atoms with E-state index in [-0.39, 0.29) is 11.1 Å². The molecule has 0 aromatic rings. The highest BCUT2D eigenvalue weighted by molar-refractivity contribution is 5.13. The summed E-state index contributed by atoms with van der Waals surface area (Å²) in [7, 11) is 0. The number of piperidine rings is 1. The summed E-state index contributed by atoms with van der Waals surface area (Å²) >= 11 is 0. The van der Waals surface area contributed by atoms with E-state index in [1.807, 2.05) is 6.08 Å². The van der Waals surface area contributed by atoms with Gasteiger partial charge in [-0.3, -0.25) is 4.90 Å². The molecule has 0 aromatic heterocycles. The zero-order valence-electron chi connectivity index (χ0n) is 13.5. The number of nitrogens with zero attached hydrogens (tertiary/aromatic N) is 1. The second kappa shape index (κ2) is 8.19. The summed E-state index contributed by atoms with van der Waals surface area (Å²) < 4.78 is 0. The fourth-order valence-electron chi connectivity index (χ4n) is 4.13. The molecule has 1 heterocycles. The maximum Gasteiger partial charge on any atom is 0.0287 e. The van der Waals surface area contributed by atoms with Crippen molar-refractivity contribution in [1.29, 1.82) is 0 Å². The number of likely N-dealkylation sites (tertiary alicyclic amines) is 1. The smallest absolute Gasteiger partial charge is 0.0287 e. The molecule has 1 fully saturated rings. The molecular weight excluding hydrogens is 254 g/mol. The van der Waals surface area contributed by atoms with E-state index in [2.05, 4.69) is 62.1 Å². The van der Waals surface area contributed by atoms with Gasteiger partial charge in [-0.05, 0) is 44.9 Å². The first-order valence-electron chi connectivity index (χ1n) is 7.97. The van der Waals surface area contributed by atoms with Gasteiger partial charge in [0.05, 0.1) is 0 Å². The fourth-order valence-corrected chi connectivity index (χ4v) is 4.13. The topological polar surface area (TPSA) is 3.24 Å². The van der Waals surface area contributed by atoms with Crippen LogP contribution in [0.15, 0.2) is 63.3 Å². The second-order valence-electron chi connectivity index (χ2n) is 6.17. The van der Waals surface area contributed by atoms with Crippen LogP contribution in [0.4, 0.5) is 0 Å². The van der Waals surface area contributed by atoms with Gasteiger partial charge in [-0.15, -0.1) is 32.9 Å². The van der Waals surface area contributed by atoms with Crippen LogP contribution in [0.3, 0.4) is 0 Å². The maximum absolute atomic E-state index is 3.99. The van der Waals surface area contributed by atoms with Crippen LogP contribution in [0.25, 0.3) is 0 Å². The molecule has 0 unspecified atom stereocenters. The average Bonchev–Trinajstić information content (AvgIpc) is 2.44. The Morgan fingerprint density at radius 1 is 0.667 bits per heavy atom. The summed E-state index contributed by atoms with van der Waals surface area (Å²) in [6.45, 7) is 20.8. The lowest BCUT2D eigenvalue weighted by molar-refractivity contribution is -0.0520. The van der Waals surface area contributed by atoms with Crippen LogP contribution >= 0.6 is 0 Å². The number of hydrogen-bond donors (Lipinski definition) is 0. The third-order valence-corrected chi connectivity index (χ3v) is 4.84. The molecular formula is C20H31N. The minimum atomic E-state index is 0.113. The summed E-state index contributed by atoms with van der Waals surface area (Å²) in [6.07, 6.45) is 17.8. The van der Waals surface area contributed by atoms with Crippen LogP contribution in [0.2, 0.25) is 0 Å². The zero-order chi connectivity index (χ0) is 15.8. The summed E-state index contributed by atoms with van der Waals surface area (Å²) in [5, 5.41) is 0. The van der Waals surface area contributed by atoms with Crippen molar-refractivity contribution in [3.05, 3.63) is 63.3 Å². The molecule has 116 valence electrons. The fraction of sp³-hybridized carbons (Fsp3) is 0.500. The highest BCUT2D eigenvalue weighted by Gasteiger charge is 2.48. The third kappa shape index (κ3) is 3.65. The zero-order valence-corrected chi connectivity index (χ0v) is 13.5. The lowest BCUT2D eigenvalue weighted by atomic mass is 9.70. The summed E-state index contributed by atoms with van der Waals surface area (Å²) in [5.41, 5.74) is 0.226. The molecule has 0 saturated carbocycles. The Morgan fingerprint density at radius 3 is 1.33 bits per heavy atom. The van der Waals surface area contributed by atoms with Crippen LogP contribution in [-0.2, 0) is 0 Å². The van der Waals surface area contributed by atoms with Crippen molar-refractivity contribution in [1.82, 2.24) is 4.90 Å². The van der Waals surface area contributed by atoms with Gasteiger partial charge in [-0.2, -0.15) is 0 Å². The predicted octanol–water partition coefficient (Wildman–Crippen LogP) is 5.44. The van der Waals surface area contributed by atoms with Gasteiger partial charge in [-0.25, -0.2) is 0 Å². The van der Waals surface area contributed by atoms with Gasteiger partial charge >= 0.3 is 0 Å². The van der Waals surface area contributed by atoms with Gasteiger partial charge in [0.2, 0.25) is 0 Å². The Kier molecular flexibility index (Phi) is 6.91. The molecule has 1 nitrogen and oxygen atoms in total. The van der Waals surface area contributed by atoms with Crippen molar-refractivity contribution in [3.8, 4) is 0 Å². The van der Waals surface area contributed by atoms with Crippen molar-refractivity contribution in [2.24, 2.45) is 0 Å². The van der Waals surface area contributed by atoms with E-state index in [0.717, 1.165) is 32.2 Å². The Labute approximate surface area is 131 Å². The summed E-state index contributed by atoms with van der Waals surface area (Å²) in [4.78, 5) is 2.64. The van der Waals surface area contributed by atoms with Gasteiger partial charge in [0.1, 0.15) is 0 Å². The highest BCUT2D eigenvalue weighted by atomic mass is 15.3. The van der Waals surface area contributed by atoms with E-state index in [1.165, 1.54) is 19.3 Å². The molecule has 1 heteroatoms. The molecule has 0 spiro atoms. The predicted molar refractivity (Wildman–Crippen MR) is 95.5 cm³/mol. The molecule has 21 heavy (non-hydrogen) atoms. The first-order chi connectivity index (χ1) is 10.1. The minimum absolute atomic E-state index is 0.113. The Morgan fingerprint density at radius 2 is 1.05 bits per heavy atom. The summed E-state index contributed by atoms with van der Waals surface area (Å²) in [5.74, 6) is 0.